The molecule has 39 heavy (non-hydrogen) atoms. The fraction of sp³-hybridized carbons (Fsp3) is 0.267. The SMILES string of the molecule is COc1cc(-c2ncccc2C)cc(OC)c1OC.COc1cc(-c2ncccc2CO)cc(OC)c1OC. The normalized spacial score (nSPS) is 10.2. The Morgan fingerprint density at radius 3 is 1.38 bits per heavy atom. The number of ether oxygens (including phenoxy) is 6. The van der Waals surface area contributed by atoms with Crippen LogP contribution in [0.2, 0.25) is 0 Å². The van der Waals surface area contributed by atoms with Gasteiger partial charge in [0.15, 0.2) is 23.0 Å². The summed E-state index contributed by atoms with van der Waals surface area (Å²) in [4.78, 5) is 8.72. The summed E-state index contributed by atoms with van der Waals surface area (Å²) >= 11 is 0. The minimum Gasteiger partial charge on any atom is -0.493 e. The predicted octanol–water partition coefficient (Wildman–Crippen LogP) is 5.35. The van der Waals surface area contributed by atoms with Gasteiger partial charge in [-0.25, -0.2) is 0 Å². The van der Waals surface area contributed by atoms with E-state index in [0.29, 0.717) is 40.2 Å². The second-order valence-corrected chi connectivity index (χ2v) is 8.17. The second kappa shape index (κ2) is 13.9. The number of hydrogen-bond acceptors (Lipinski definition) is 9. The summed E-state index contributed by atoms with van der Waals surface area (Å²) in [5.41, 5.74) is 5.16. The van der Waals surface area contributed by atoms with Crippen molar-refractivity contribution < 1.29 is 33.5 Å². The Labute approximate surface area is 228 Å². The summed E-state index contributed by atoms with van der Waals surface area (Å²) in [6.45, 7) is 1.94. The maximum absolute atomic E-state index is 9.41. The summed E-state index contributed by atoms with van der Waals surface area (Å²) in [7, 11) is 9.48. The quantitative estimate of drug-likeness (QED) is 0.304. The van der Waals surface area contributed by atoms with Gasteiger partial charge in [0.1, 0.15) is 0 Å². The van der Waals surface area contributed by atoms with E-state index < -0.39 is 0 Å². The zero-order valence-corrected chi connectivity index (χ0v) is 23.3. The topological polar surface area (TPSA) is 101 Å². The fourth-order valence-electron chi connectivity index (χ4n) is 4.05. The maximum Gasteiger partial charge on any atom is 0.203 e. The third kappa shape index (κ3) is 6.50. The molecule has 0 aliphatic carbocycles. The van der Waals surface area contributed by atoms with Crippen molar-refractivity contribution in [2.45, 2.75) is 13.5 Å². The van der Waals surface area contributed by atoms with Crippen molar-refractivity contribution in [1.82, 2.24) is 9.97 Å². The molecule has 0 radical (unpaired) electrons. The molecule has 0 saturated carbocycles. The smallest absolute Gasteiger partial charge is 0.203 e. The van der Waals surface area contributed by atoms with Gasteiger partial charge in [0.25, 0.3) is 0 Å². The van der Waals surface area contributed by atoms with Crippen LogP contribution >= 0.6 is 0 Å². The summed E-state index contributed by atoms with van der Waals surface area (Å²) < 4.78 is 31.9. The van der Waals surface area contributed by atoms with E-state index in [4.69, 9.17) is 28.4 Å². The minimum atomic E-state index is -0.0835. The summed E-state index contributed by atoms with van der Waals surface area (Å²) in [5, 5.41) is 9.41. The molecule has 1 N–H and O–H groups in total. The van der Waals surface area contributed by atoms with Gasteiger partial charge in [0, 0.05) is 29.1 Å². The molecule has 0 saturated heterocycles. The number of methoxy groups -OCH3 is 6. The lowest BCUT2D eigenvalue weighted by atomic mass is 10.0. The zero-order valence-electron chi connectivity index (χ0n) is 23.3. The number of hydrogen-bond donors (Lipinski definition) is 1. The van der Waals surface area contributed by atoms with Gasteiger partial charge in [0.2, 0.25) is 11.5 Å². The van der Waals surface area contributed by atoms with Gasteiger partial charge in [-0.2, -0.15) is 0 Å². The number of aromatic nitrogens is 2. The molecule has 2 heterocycles. The van der Waals surface area contributed by atoms with Crippen molar-refractivity contribution in [3.63, 3.8) is 0 Å². The van der Waals surface area contributed by atoms with Crippen molar-refractivity contribution in [2.75, 3.05) is 42.7 Å². The molecular formula is C30H34N2O7. The van der Waals surface area contributed by atoms with Crippen LogP contribution in [0.1, 0.15) is 11.1 Å². The number of benzene rings is 2. The van der Waals surface area contributed by atoms with Crippen molar-refractivity contribution in [3.8, 4) is 57.0 Å². The number of rotatable bonds is 9. The maximum atomic E-state index is 9.41. The van der Waals surface area contributed by atoms with Crippen LogP contribution in [-0.2, 0) is 6.61 Å². The Hall–Kier alpha value is -4.50. The number of aliphatic hydroxyl groups is 1. The van der Waals surface area contributed by atoms with E-state index >= 15 is 0 Å². The zero-order chi connectivity index (χ0) is 28.4. The molecule has 2 aromatic carbocycles. The van der Waals surface area contributed by atoms with Crippen LogP contribution in [0.25, 0.3) is 22.5 Å². The van der Waals surface area contributed by atoms with Crippen molar-refractivity contribution in [2.24, 2.45) is 0 Å². The second-order valence-electron chi connectivity index (χ2n) is 8.17. The van der Waals surface area contributed by atoms with Crippen LogP contribution in [0, 0.1) is 6.92 Å². The van der Waals surface area contributed by atoms with Crippen molar-refractivity contribution in [1.29, 1.82) is 0 Å². The van der Waals surface area contributed by atoms with Crippen LogP contribution < -0.4 is 28.4 Å². The first kappa shape index (κ1) is 29.1. The molecule has 9 nitrogen and oxygen atoms in total. The molecule has 0 fully saturated rings. The molecule has 206 valence electrons. The molecular weight excluding hydrogens is 500 g/mol. The van der Waals surface area contributed by atoms with Crippen LogP contribution in [0.4, 0.5) is 0 Å². The van der Waals surface area contributed by atoms with Gasteiger partial charge < -0.3 is 33.5 Å². The molecule has 0 aliphatic heterocycles. The molecule has 9 heteroatoms. The molecule has 0 aliphatic rings. The van der Waals surface area contributed by atoms with Crippen molar-refractivity contribution >= 4 is 0 Å². The third-order valence-electron chi connectivity index (χ3n) is 5.95. The highest BCUT2D eigenvalue weighted by Gasteiger charge is 2.17. The first-order chi connectivity index (χ1) is 19.0. The average Bonchev–Trinajstić information content (AvgIpc) is 2.99. The molecule has 0 spiro atoms. The highest BCUT2D eigenvalue weighted by molar-refractivity contribution is 5.71. The Balaban J connectivity index is 0.000000216. The van der Waals surface area contributed by atoms with E-state index in [0.717, 1.165) is 27.9 Å². The van der Waals surface area contributed by atoms with Crippen LogP contribution in [0.3, 0.4) is 0 Å². The first-order valence-electron chi connectivity index (χ1n) is 12.0. The average molecular weight is 535 g/mol. The molecule has 0 atom stereocenters. The Bertz CT molecular complexity index is 1340. The largest absolute Gasteiger partial charge is 0.493 e. The van der Waals surface area contributed by atoms with Gasteiger partial charge in [-0.1, -0.05) is 12.1 Å². The minimum absolute atomic E-state index is 0.0835. The highest BCUT2D eigenvalue weighted by atomic mass is 16.5. The van der Waals surface area contributed by atoms with Gasteiger partial charge in [-0.15, -0.1) is 0 Å². The first-order valence-corrected chi connectivity index (χ1v) is 12.0. The standard InChI is InChI=1S/C15H17NO4.C15H17NO3/c1-18-12-7-11(8-13(19-2)15(12)20-3)14-10(9-17)5-4-6-16-14;1-10-6-5-7-16-14(10)11-8-12(17-2)15(19-4)13(9-11)18-3/h4-8,17H,9H2,1-3H3;5-9H,1-4H3. The summed E-state index contributed by atoms with van der Waals surface area (Å²) in [6.07, 6.45) is 3.45. The molecule has 4 rings (SSSR count). The van der Waals surface area contributed by atoms with Crippen molar-refractivity contribution in [3.05, 3.63) is 72.1 Å². The number of nitrogens with zero attached hydrogens (tertiary/aromatic N) is 2. The van der Waals surface area contributed by atoms with Gasteiger partial charge in [-0.3, -0.25) is 9.97 Å². The number of aliphatic hydroxyl groups excluding tert-OH is 1. The molecule has 0 unspecified atom stereocenters. The van der Waals surface area contributed by atoms with E-state index in [-0.39, 0.29) is 6.61 Å². The number of aryl methyl sites for hydroxylation is 1. The monoisotopic (exact) mass is 534 g/mol. The van der Waals surface area contributed by atoms with E-state index in [2.05, 4.69) is 9.97 Å². The van der Waals surface area contributed by atoms with Crippen LogP contribution in [0.5, 0.6) is 34.5 Å². The Morgan fingerprint density at radius 1 is 0.590 bits per heavy atom. The fourth-order valence-corrected chi connectivity index (χ4v) is 4.05. The molecule has 0 bridgehead atoms. The third-order valence-corrected chi connectivity index (χ3v) is 5.95. The van der Waals surface area contributed by atoms with Gasteiger partial charge >= 0.3 is 0 Å². The summed E-state index contributed by atoms with van der Waals surface area (Å²) in [6, 6.07) is 15.0. The molecule has 4 aromatic rings. The highest BCUT2D eigenvalue weighted by Crippen LogP contribution is 2.42. The van der Waals surface area contributed by atoms with Gasteiger partial charge in [0.05, 0.1) is 60.7 Å². The Morgan fingerprint density at radius 2 is 1.00 bits per heavy atom. The van der Waals surface area contributed by atoms with E-state index in [1.807, 2.05) is 49.4 Å². The molecule has 2 aromatic heterocycles. The lowest BCUT2D eigenvalue weighted by molar-refractivity contribution is 0.282. The summed E-state index contributed by atoms with van der Waals surface area (Å²) in [5.74, 6) is 3.47. The lowest BCUT2D eigenvalue weighted by Crippen LogP contribution is -1.98. The predicted molar refractivity (Wildman–Crippen MR) is 149 cm³/mol. The van der Waals surface area contributed by atoms with E-state index in [1.54, 1.807) is 61.1 Å². The number of pyridine rings is 2. The van der Waals surface area contributed by atoms with Crippen LogP contribution in [-0.4, -0.2) is 57.7 Å². The molecule has 0 amide bonds. The van der Waals surface area contributed by atoms with Crippen LogP contribution in [0.15, 0.2) is 60.9 Å². The van der Waals surface area contributed by atoms with E-state index in [9.17, 15) is 5.11 Å². The Kier molecular flexibility index (Phi) is 10.3. The lowest BCUT2D eigenvalue weighted by Gasteiger charge is -2.14. The van der Waals surface area contributed by atoms with Gasteiger partial charge in [-0.05, 0) is 48.9 Å². The van der Waals surface area contributed by atoms with E-state index in [1.165, 1.54) is 0 Å².